The highest BCUT2D eigenvalue weighted by Gasteiger charge is 2.17. The number of piperazine rings is 1. The van der Waals surface area contributed by atoms with Gasteiger partial charge >= 0.3 is 0 Å². The van der Waals surface area contributed by atoms with E-state index in [1.807, 2.05) is 53.4 Å². The average molecular weight is 410 g/mol. The molecule has 0 spiro atoms. The Balaban J connectivity index is 1.39. The van der Waals surface area contributed by atoms with E-state index in [1.54, 1.807) is 14.0 Å². The van der Waals surface area contributed by atoms with Crippen LogP contribution in [0.1, 0.15) is 26.2 Å². The molecule has 1 aliphatic heterocycles. The van der Waals surface area contributed by atoms with Crippen molar-refractivity contribution in [1.82, 2.24) is 9.80 Å². The van der Waals surface area contributed by atoms with Crippen molar-refractivity contribution in [3.8, 4) is 16.9 Å². The predicted molar refractivity (Wildman–Crippen MR) is 120 cm³/mol. The zero-order valence-electron chi connectivity index (χ0n) is 17.9. The van der Waals surface area contributed by atoms with Crippen LogP contribution in [0.2, 0.25) is 0 Å². The number of para-hydroxylation sites is 1. The van der Waals surface area contributed by atoms with Gasteiger partial charge in [0.05, 0.1) is 7.11 Å². The molecule has 0 radical (unpaired) electrons. The van der Waals surface area contributed by atoms with Gasteiger partial charge in [-0.1, -0.05) is 30.3 Å². The quantitative estimate of drug-likeness (QED) is 0.677. The van der Waals surface area contributed by atoms with E-state index >= 15 is 0 Å². The van der Waals surface area contributed by atoms with Crippen molar-refractivity contribution in [2.24, 2.45) is 0 Å². The van der Waals surface area contributed by atoms with Crippen molar-refractivity contribution >= 4 is 17.5 Å². The first-order valence-electron chi connectivity index (χ1n) is 10.6. The van der Waals surface area contributed by atoms with Crippen LogP contribution in [0.15, 0.2) is 48.5 Å². The number of benzene rings is 2. The SMILES string of the molecule is COc1ccccc1-c1ccc(NC(=O)CCCCN2CCN(C(C)=O)CC2)cc1. The summed E-state index contributed by atoms with van der Waals surface area (Å²) in [5.74, 6) is 1.03. The summed E-state index contributed by atoms with van der Waals surface area (Å²) in [5, 5.41) is 2.98. The Hall–Kier alpha value is -2.86. The van der Waals surface area contributed by atoms with E-state index in [2.05, 4.69) is 10.2 Å². The largest absolute Gasteiger partial charge is 0.496 e. The molecule has 1 saturated heterocycles. The molecule has 6 nitrogen and oxygen atoms in total. The molecule has 1 N–H and O–H groups in total. The van der Waals surface area contributed by atoms with Crippen LogP contribution in [0.5, 0.6) is 5.75 Å². The van der Waals surface area contributed by atoms with E-state index in [4.69, 9.17) is 4.74 Å². The summed E-state index contributed by atoms with van der Waals surface area (Å²) in [6.45, 7) is 6.06. The lowest BCUT2D eigenvalue weighted by Crippen LogP contribution is -2.48. The van der Waals surface area contributed by atoms with Crippen LogP contribution < -0.4 is 10.1 Å². The minimum Gasteiger partial charge on any atom is -0.496 e. The minimum atomic E-state index is 0.0430. The van der Waals surface area contributed by atoms with Crippen LogP contribution in [0.25, 0.3) is 11.1 Å². The standard InChI is InChI=1S/C24H31N3O3/c1-19(28)27-17-15-26(16-18-27)14-6-5-9-24(29)25-21-12-10-20(11-13-21)22-7-3-4-8-23(22)30-2/h3-4,7-8,10-13H,5-6,9,14-18H2,1-2H3,(H,25,29). The van der Waals surface area contributed by atoms with Gasteiger partial charge in [0.15, 0.2) is 0 Å². The van der Waals surface area contributed by atoms with Gasteiger partial charge in [-0.3, -0.25) is 14.5 Å². The van der Waals surface area contributed by atoms with Gasteiger partial charge in [0.25, 0.3) is 0 Å². The Labute approximate surface area is 178 Å². The van der Waals surface area contributed by atoms with E-state index in [9.17, 15) is 9.59 Å². The van der Waals surface area contributed by atoms with Gasteiger partial charge in [0.2, 0.25) is 11.8 Å². The summed E-state index contributed by atoms with van der Waals surface area (Å²) in [6, 6.07) is 15.7. The number of methoxy groups -OCH3 is 1. The number of hydrogen-bond acceptors (Lipinski definition) is 4. The predicted octanol–water partition coefficient (Wildman–Crippen LogP) is 3.64. The molecule has 1 aliphatic rings. The second-order valence-corrected chi connectivity index (χ2v) is 7.63. The number of nitrogens with zero attached hydrogens (tertiary/aromatic N) is 2. The van der Waals surface area contributed by atoms with Gasteiger partial charge in [-0.05, 0) is 43.1 Å². The molecule has 30 heavy (non-hydrogen) atoms. The van der Waals surface area contributed by atoms with Crippen LogP contribution in [-0.4, -0.2) is 61.4 Å². The summed E-state index contributed by atoms with van der Waals surface area (Å²) < 4.78 is 5.42. The number of carbonyl (C=O) groups is 2. The lowest BCUT2D eigenvalue weighted by molar-refractivity contribution is -0.130. The highest BCUT2D eigenvalue weighted by atomic mass is 16.5. The number of unbranched alkanes of at least 4 members (excludes halogenated alkanes) is 1. The summed E-state index contributed by atoms with van der Waals surface area (Å²) in [6.07, 6.45) is 2.36. The molecule has 1 heterocycles. The third-order valence-electron chi connectivity index (χ3n) is 5.53. The average Bonchev–Trinajstić information content (AvgIpc) is 2.77. The van der Waals surface area contributed by atoms with Crippen molar-refractivity contribution in [2.45, 2.75) is 26.2 Å². The Morgan fingerprint density at radius 3 is 2.33 bits per heavy atom. The monoisotopic (exact) mass is 409 g/mol. The van der Waals surface area contributed by atoms with Crippen LogP contribution in [0.3, 0.4) is 0 Å². The molecule has 0 saturated carbocycles. The zero-order chi connectivity index (χ0) is 21.3. The molecule has 0 atom stereocenters. The molecule has 1 fully saturated rings. The van der Waals surface area contributed by atoms with E-state index in [0.717, 1.165) is 68.1 Å². The Bertz CT molecular complexity index is 843. The summed E-state index contributed by atoms with van der Waals surface area (Å²) in [5.41, 5.74) is 2.89. The van der Waals surface area contributed by atoms with Crippen molar-refractivity contribution in [2.75, 3.05) is 45.2 Å². The third-order valence-corrected chi connectivity index (χ3v) is 5.53. The molecule has 160 valence electrons. The third kappa shape index (κ3) is 6.07. The number of carbonyl (C=O) groups excluding carboxylic acids is 2. The van der Waals surface area contributed by atoms with Gasteiger partial charge in [-0.15, -0.1) is 0 Å². The Morgan fingerprint density at radius 2 is 1.67 bits per heavy atom. The first kappa shape index (κ1) is 21.8. The minimum absolute atomic E-state index is 0.0430. The van der Waals surface area contributed by atoms with Gasteiger partial charge in [-0.2, -0.15) is 0 Å². The topological polar surface area (TPSA) is 61.9 Å². The molecular weight excluding hydrogens is 378 g/mol. The zero-order valence-corrected chi connectivity index (χ0v) is 17.9. The van der Waals surface area contributed by atoms with E-state index in [-0.39, 0.29) is 11.8 Å². The molecule has 6 heteroatoms. The van der Waals surface area contributed by atoms with Crippen LogP contribution >= 0.6 is 0 Å². The first-order chi connectivity index (χ1) is 14.6. The van der Waals surface area contributed by atoms with Crippen molar-refractivity contribution in [3.63, 3.8) is 0 Å². The van der Waals surface area contributed by atoms with Crippen molar-refractivity contribution in [1.29, 1.82) is 0 Å². The van der Waals surface area contributed by atoms with Crippen LogP contribution in [0.4, 0.5) is 5.69 Å². The number of anilines is 1. The maximum Gasteiger partial charge on any atom is 0.224 e. The van der Waals surface area contributed by atoms with Crippen molar-refractivity contribution < 1.29 is 14.3 Å². The number of nitrogens with one attached hydrogen (secondary N) is 1. The Kier molecular flexibility index (Phi) is 7.85. The first-order valence-corrected chi connectivity index (χ1v) is 10.6. The lowest BCUT2D eigenvalue weighted by Gasteiger charge is -2.34. The fraction of sp³-hybridized carbons (Fsp3) is 0.417. The number of rotatable bonds is 8. The number of hydrogen-bond donors (Lipinski definition) is 1. The summed E-state index contributed by atoms with van der Waals surface area (Å²) in [7, 11) is 1.67. The molecular formula is C24H31N3O3. The van der Waals surface area contributed by atoms with Gasteiger partial charge in [0.1, 0.15) is 5.75 Å². The van der Waals surface area contributed by atoms with Crippen molar-refractivity contribution in [3.05, 3.63) is 48.5 Å². The van der Waals surface area contributed by atoms with E-state index < -0.39 is 0 Å². The van der Waals surface area contributed by atoms with Crippen LogP contribution in [0, 0.1) is 0 Å². The van der Waals surface area contributed by atoms with Gasteiger partial charge in [-0.25, -0.2) is 0 Å². The Morgan fingerprint density at radius 1 is 0.967 bits per heavy atom. The molecule has 2 aromatic carbocycles. The van der Waals surface area contributed by atoms with Gasteiger partial charge < -0.3 is 15.0 Å². The normalized spacial score (nSPS) is 14.4. The molecule has 0 aromatic heterocycles. The molecule has 2 amide bonds. The second-order valence-electron chi connectivity index (χ2n) is 7.63. The fourth-order valence-corrected chi connectivity index (χ4v) is 3.75. The molecule has 0 aliphatic carbocycles. The molecule has 0 bridgehead atoms. The number of amides is 2. The maximum atomic E-state index is 12.2. The maximum absolute atomic E-state index is 12.2. The second kappa shape index (κ2) is 10.8. The number of ether oxygens (including phenoxy) is 1. The van der Waals surface area contributed by atoms with E-state index in [0.29, 0.717) is 6.42 Å². The molecule has 3 rings (SSSR count). The van der Waals surface area contributed by atoms with Gasteiger partial charge in [0, 0.05) is 50.8 Å². The summed E-state index contributed by atoms with van der Waals surface area (Å²) in [4.78, 5) is 27.9. The highest BCUT2D eigenvalue weighted by Crippen LogP contribution is 2.30. The summed E-state index contributed by atoms with van der Waals surface area (Å²) >= 11 is 0. The molecule has 2 aromatic rings. The van der Waals surface area contributed by atoms with Crippen LogP contribution in [-0.2, 0) is 9.59 Å². The lowest BCUT2D eigenvalue weighted by atomic mass is 10.0. The highest BCUT2D eigenvalue weighted by molar-refractivity contribution is 5.91. The van der Waals surface area contributed by atoms with E-state index in [1.165, 1.54) is 0 Å². The fourth-order valence-electron chi connectivity index (χ4n) is 3.75. The molecule has 0 unspecified atom stereocenters. The smallest absolute Gasteiger partial charge is 0.224 e.